The van der Waals surface area contributed by atoms with Crippen LogP contribution in [0.25, 0.3) is 0 Å². The molecule has 0 amide bonds. The predicted octanol–water partition coefficient (Wildman–Crippen LogP) is 2.67. The summed E-state index contributed by atoms with van der Waals surface area (Å²) >= 11 is 4.58. The first kappa shape index (κ1) is 10.1. The van der Waals surface area contributed by atoms with Gasteiger partial charge < -0.3 is 0 Å². The molecule has 0 radical (unpaired) electrons. The molecule has 2 rings (SSSR count). The van der Waals surface area contributed by atoms with Gasteiger partial charge in [-0.3, -0.25) is 4.90 Å². The summed E-state index contributed by atoms with van der Waals surface area (Å²) < 4.78 is 0. The van der Waals surface area contributed by atoms with Crippen molar-refractivity contribution in [3.8, 4) is 0 Å². The number of benzene rings is 1. The van der Waals surface area contributed by atoms with Crippen molar-refractivity contribution in [1.29, 1.82) is 0 Å². The largest absolute Gasteiger partial charge is 0.294 e. The lowest BCUT2D eigenvalue weighted by molar-refractivity contribution is 0.393. The summed E-state index contributed by atoms with van der Waals surface area (Å²) in [6.45, 7) is 0. The first-order valence-electron chi connectivity index (χ1n) is 5.14. The molecule has 0 aliphatic heterocycles. The van der Waals surface area contributed by atoms with Gasteiger partial charge >= 0.3 is 0 Å². The average molecular weight is 207 g/mol. The number of nitrogens with zero attached hydrogens (tertiary/aromatic N) is 1. The average Bonchev–Trinajstić information content (AvgIpc) is 2.62. The van der Waals surface area contributed by atoms with Gasteiger partial charge in [-0.2, -0.15) is 12.6 Å². The molecule has 1 unspecified atom stereocenters. The van der Waals surface area contributed by atoms with Crippen LogP contribution in [0.4, 0.5) is 0 Å². The number of fused-ring (bicyclic) bond motifs is 1. The maximum Gasteiger partial charge on any atom is 0.0779 e. The number of thiol groups is 1. The van der Waals surface area contributed by atoms with Gasteiger partial charge in [-0.05, 0) is 50.0 Å². The van der Waals surface area contributed by atoms with Gasteiger partial charge in [0.05, 0.1) is 5.37 Å². The normalized spacial score (nSPS) is 17.1. The minimum atomic E-state index is 0.223. The van der Waals surface area contributed by atoms with Crippen molar-refractivity contribution in [1.82, 2.24) is 4.90 Å². The summed E-state index contributed by atoms with van der Waals surface area (Å²) in [5.74, 6) is 0. The van der Waals surface area contributed by atoms with Crippen molar-refractivity contribution in [2.24, 2.45) is 0 Å². The zero-order chi connectivity index (χ0) is 10.1. The van der Waals surface area contributed by atoms with E-state index >= 15 is 0 Å². The molecule has 0 heterocycles. The Labute approximate surface area is 91.5 Å². The van der Waals surface area contributed by atoms with Gasteiger partial charge in [-0.15, -0.1) is 0 Å². The highest BCUT2D eigenvalue weighted by molar-refractivity contribution is 7.80. The van der Waals surface area contributed by atoms with Crippen LogP contribution < -0.4 is 0 Å². The van der Waals surface area contributed by atoms with Gasteiger partial charge in [0, 0.05) is 0 Å². The van der Waals surface area contributed by atoms with Crippen LogP contribution in [-0.2, 0) is 12.8 Å². The van der Waals surface area contributed by atoms with Crippen LogP contribution in [0.5, 0.6) is 0 Å². The van der Waals surface area contributed by atoms with Crippen molar-refractivity contribution in [2.45, 2.75) is 24.6 Å². The van der Waals surface area contributed by atoms with E-state index in [4.69, 9.17) is 0 Å². The molecule has 1 aliphatic rings. The van der Waals surface area contributed by atoms with Crippen molar-refractivity contribution in [3.05, 3.63) is 34.9 Å². The predicted molar refractivity (Wildman–Crippen MR) is 63.9 cm³/mol. The lowest BCUT2D eigenvalue weighted by Crippen LogP contribution is -2.14. The van der Waals surface area contributed by atoms with Crippen LogP contribution in [0.15, 0.2) is 18.2 Å². The summed E-state index contributed by atoms with van der Waals surface area (Å²) in [5.41, 5.74) is 4.38. The molecule has 1 atom stereocenters. The molecule has 0 fully saturated rings. The van der Waals surface area contributed by atoms with Crippen molar-refractivity contribution < 1.29 is 0 Å². The molecule has 0 bridgehead atoms. The Morgan fingerprint density at radius 2 is 1.93 bits per heavy atom. The van der Waals surface area contributed by atoms with E-state index in [1.54, 1.807) is 0 Å². The highest BCUT2D eigenvalue weighted by Gasteiger charge is 2.14. The van der Waals surface area contributed by atoms with E-state index in [-0.39, 0.29) is 5.37 Å². The van der Waals surface area contributed by atoms with Crippen LogP contribution in [0, 0.1) is 0 Å². The topological polar surface area (TPSA) is 3.24 Å². The third kappa shape index (κ3) is 1.82. The Morgan fingerprint density at radius 3 is 2.64 bits per heavy atom. The Kier molecular flexibility index (Phi) is 2.84. The lowest BCUT2D eigenvalue weighted by Gasteiger charge is -2.19. The molecule has 0 saturated carbocycles. The number of aryl methyl sites for hydroxylation is 2. The maximum absolute atomic E-state index is 4.58. The zero-order valence-electron chi connectivity index (χ0n) is 8.83. The monoisotopic (exact) mass is 207 g/mol. The van der Waals surface area contributed by atoms with Crippen molar-refractivity contribution in [3.63, 3.8) is 0 Å². The lowest BCUT2D eigenvalue weighted by atomic mass is 10.1. The van der Waals surface area contributed by atoms with Crippen LogP contribution >= 0.6 is 12.6 Å². The summed E-state index contributed by atoms with van der Waals surface area (Å²) in [6.07, 6.45) is 3.82. The first-order chi connectivity index (χ1) is 6.68. The summed E-state index contributed by atoms with van der Waals surface area (Å²) in [7, 11) is 4.12. The van der Waals surface area contributed by atoms with E-state index in [0.29, 0.717) is 0 Å². The quantitative estimate of drug-likeness (QED) is 0.576. The van der Waals surface area contributed by atoms with Gasteiger partial charge in [0.1, 0.15) is 0 Å². The molecule has 0 spiro atoms. The molecule has 14 heavy (non-hydrogen) atoms. The fourth-order valence-corrected chi connectivity index (χ4v) is 2.21. The third-order valence-electron chi connectivity index (χ3n) is 2.91. The summed E-state index contributed by atoms with van der Waals surface area (Å²) in [5, 5.41) is 0.223. The second-order valence-corrected chi connectivity index (χ2v) is 4.71. The Balaban J connectivity index is 2.28. The van der Waals surface area contributed by atoms with E-state index in [1.165, 1.54) is 36.0 Å². The zero-order valence-corrected chi connectivity index (χ0v) is 9.72. The third-order valence-corrected chi connectivity index (χ3v) is 3.67. The van der Waals surface area contributed by atoms with Gasteiger partial charge in [0.15, 0.2) is 0 Å². The minimum absolute atomic E-state index is 0.223. The van der Waals surface area contributed by atoms with Crippen LogP contribution in [0.1, 0.15) is 28.5 Å². The standard InChI is InChI=1S/C12H17NS/c1-13(2)12(14)11-7-6-9-4-3-5-10(9)8-11/h6-8,12,14H,3-5H2,1-2H3. The minimum Gasteiger partial charge on any atom is -0.294 e. The number of hydrogen-bond acceptors (Lipinski definition) is 2. The maximum atomic E-state index is 4.58. The van der Waals surface area contributed by atoms with E-state index in [2.05, 4.69) is 49.8 Å². The molecule has 1 aromatic rings. The summed E-state index contributed by atoms with van der Waals surface area (Å²) in [4.78, 5) is 2.12. The van der Waals surface area contributed by atoms with Crippen molar-refractivity contribution in [2.75, 3.05) is 14.1 Å². The molecule has 0 N–H and O–H groups in total. The van der Waals surface area contributed by atoms with Gasteiger partial charge in [0.25, 0.3) is 0 Å². The van der Waals surface area contributed by atoms with E-state index < -0.39 is 0 Å². The Hall–Kier alpha value is -0.470. The van der Waals surface area contributed by atoms with E-state index in [9.17, 15) is 0 Å². The highest BCUT2D eigenvalue weighted by Crippen LogP contribution is 2.28. The van der Waals surface area contributed by atoms with E-state index in [0.717, 1.165) is 0 Å². The second kappa shape index (κ2) is 3.95. The molecule has 0 aromatic heterocycles. The van der Waals surface area contributed by atoms with Crippen LogP contribution in [0.3, 0.4) is 0 Å². The van der Waals surface area contributed by atoms with Crippen LogP contribution in [0.2, 0.25) is 0 Å². The molecule has 76 valence electrons. The first-order valence-corrected chi connectivity index (χ1v) is 5.66. The Bertz CT molecular complexity index is 333. The highest BCUT2D eigenvalue weighted by atomic mass is 32.1. The molecular formula is C12H17NS. The SMILES string of the molecule is CN(C)C(S)c1ccc2c(c1)CCC2. The van der Waals surface area contributed by atoms with Gasteiger partial charge in [-0.25, -0.2) is 0 Å². The summed E-state index contributed by atoms with van der Waals surface area (Å²) in [6, 6.07) is 6.80. The smallest absolute Gasteiger partial charge is 0.0779 e. The second-order valence-electron chi connectivity index (χ2n) is 4.22. The fraction of sp³-hybridized carbons (Fsp3) is 0.500. The van der Waals surface area contributed by atoms with Crippen LogP contribution in [-0.4, -0.2) is 19.0 Å². The van der Waals surface area contributed by atoms with Gasteiger partial charge in [-0.1, -0.05) is 18.2 Å². The molecular weight excluding hydrogens is 190 g/mol. The number of rotatable bonds is 2. The molecule has 0 saturated heterocycles. The van der Waals surface area contributed by atoms with E-state index in [1.807, 2.05) is 0 Å². The number of hydrogen-bond donors (Lipinski definition) is 1. The molecule has 1 aromatic carbocycles. The molecule has 1 nitrogen and oxygen atoms in total. The molecule has 2 heteroatoms. The fourth-order valence-electron chi connectivity index (χ4n) is 2.05. The Morgan fingerprint density at radius 1 is 1.21 bits per heavy atom. The van der Waals surface area contributed by atoms with Crippen molar-refractivity contribution >= 4 is 12.6 Å². The van der Waals surface area contributed by atoms with Gasteiger partial charge in [0.2, 0.25) is 0 Å². The molecule has 1 aliphatic carbocycles.